The van der Waals surface area contributed by atoms with E-state index in [4.69, 9.17) is 4.52 Å². The second-order valence-electron chi connectivity index (χ2n) is 4.37. The van der Waals surface area contributed by atoms with E-state index in [9.17, 15) is 4.79 Å². The van der Waals surface area contributed by atoms with Crippen molar-refractivity contribution in [1.29, 1.82) is 0 Å². The molecule has 0 radical (unpaired) electrons. The van der Waals surface area contributed by atoms with Crippen LogP contribution in [0, 0.1) is 6.92 Å². The summed E-state index contributed by atoms with van der Waals surface area (Å²) in [6.07, 6.45) is 3.55. The zero-order valence-electron chi connectivity index (χ0n) is 10.4. The molecule has 1 fully saturated rings. The van der Waals surface area contributed by atoms with Crippen LogP contribution in [-0.4, -0.2) is 41.6 Å². The summed E-state index contributed by atoms with van der Waals surface area (Å²) in [7, 11) is 0. The maximum Gasteiger partial charge on any atom is 0.259 e. The van der Waals surface area contributed by atoms with Gasteiger partial charge in [0.05, 0.1) is 6.20 Å². The van der Waals surface area contributed by atoms with Crippen LogP contribution < -0.4 is 5.32 Å². The average Bonchev–Trinajstić information content (AvgIpc) is 2.77. The number of amides is 1. The van der Waals surface area contributed by atoms with E-state index in [1.54, 1.807) is 6.92 Å². The Labute approximate surface area is 101 Å². The van der Waals surface area contributed by atoms with Crippen molar-refractivity contribution in [2.24, 2.45) is 0 Å². The highest BCUT2D eigenvalue weighted by atomic mass is 16.5. The first-order valence-electron chi connectivity index (χ1n) is 6.17. The standard InChI is InChI=1S/C12H19N3O2/c1-3-15(10-4-6-13-7-5-10)12(16)11-8-14-17-9(11)2/h8,10,13H,3-7H2,1-2H3. The van der Waals surface area contributed by atoms with Gasteiger partial charge in [-0.15, -0.1) is 0 Å². The number of carbonyl (C=O) groups excluding carboxylic acids is 1. The molecule has 0 atom stereocenters. The lowest BCUT2D eigenvalue weighted by molar-refractivity contribution is 0.0654. The minimum Gasteiger partial charge on any atom is -0.361 e. The van der Waals surface area contributed by atoms with Crippen LogP contribution in [0.2, 0.25) is 0 Å². The predicted octanol–water partition coefficient (Wildman–Crippen LogP) is 1.20. The fourth-order valence-corrected chi connectivity index (χ4v) is 2.34. The second-order valence-corrected chi connectivity index (χ2v) is 4.37. The van der Waals surface area contributed by atoms with Gasteiger partial charge < -0.3 is 14.7 Å². The summed E-state index contributed by atoms with van der Waals surface area (Å²) in [4.78, 5) is 14.3. The summed E-state index contributed by atoms with van der Waals surface area (Å²) < 4.78 is 4.96. The first kappa shape index (κ1) is 12.1. The molecule has 0 aliphatic carbocycles. The molecule has 2 rings (SSSR count). The average molecular weight is 237 g/mol. The van der Waals surface area contributed by atoms with Gasteiger partial charge in [-0.1, -0.05) is 5.16 Å². The molecule has 1 aromatic rings. The Morgan fingerprint density at radius 1 is 1.59 bits per heavy atom. The van der Waals surface area contributed by atoms with Gasteiger partial charge in [0.15, 0.2) is 0 Å². The van der Waals surface area contributed by atoms with Crippen molar-refractivity contribution < 1.29 is 9.32 Å². The minimum absolute atomic E-state index is 0.0400. The molecule has 1 aliphatic rings. The Hall–Kier alpha value is -1.36. The fraction of sp³-hybridized carbons (Fsp3) is 0.667. The normalized spacial score (nSPS) is 17.1. The van der Waals surface area contributed by atoms with E-state index in [1.807, 2.05) is 11.8 Å². The number of hydrogen-bond acceptors (Lipinski definition) is 4. The topological polar surface area (TPSA) is 58.4 Å². The van der Waals surface area contributed by atoms with Crippen molar-refractivity contribution in [1.82, 2.24) is 15.4 Å². The van der Waals surface area contributed by atoms with Gasteiger partial charge in [-0.25, -0.2) is 0 Å². The summed E-state index contributed by atoms with van der Waals surface area (Å²) in [5, 5.41) is 6.98. The van der Waals surface area contributed by atoms with Gasteiger partial charge in [-0.05, 0) is 39.8 Å². The Bertz CT molecular complexity index is 383. The van der Waals surface area contributed by atoms with Crippen LogP contribution in [0.4, 0.5) is 0 Å². The predicted molar refractivity (Wildman–Crippen MR) is 63.8 cm³/mol. The SMILES string of the molecule is CCN(C(=O)c1cnoc1C)C1CCNCC1. The lowest BCUT2D eigenvalue weighted by Crippen LogP contribution is -2.46. The van der Waals surface area contributed by atoms with Crippen LogP contribution in [0.15, 0.2) is 10.7 Å². The van der Waals surface area contributed by atoms with E-state index in [1.165, 1.54) is 6.20 Å². The zero-order valence-corrected chi connectivity index (χ0v) is 10.4. The maximum absolute atomic E-state index is 12.4. The number of piperidine rings is 1. The van der Waals surface area contributed by atoms with Gasteiger partial charge in [-0.3, -0.25) is 4.79 Å². The van der Waals surface area contributed by atoms with Crippen LogP contribution in [0.1, 0.15) is 35.9 Å². The number of nitrogens with one attached hydrogen (secondary N) is 1. The molecule has 2 heterocycles. The lowest BCUT2D eigenvalue weighted by atomic mass is 10.0. The Balaban J connectivity index is 2.12. The molecule has 5 heteroatoms. The van der Waals surface area contributed by atoms with E-state index < -0.39 is 0 Å². The molecule has 1 saturated heterocycles. The molecule has 0 saturated carbocycles. The molecule has 0 bridgehead atoms. The molecule has 1 N–H and O–H groups in total. The minimum atomic E-state index is 0.0400. The first-order valence-corrected chi connectivity index (χ1v) is 6.17. The number of aromatic nitrogens is 1. The number of rotatable bonds is 3. The zero-order chi connectivity index (χ0) is 12.3. The molecule has 17 heavy (non-hydrogen) atoms. The summed E-state index contributed by atoms with van der Waals surface area (Å²) in [5.74, 6) is 0.639. The van der Waals surface area contributed by atoms with Crippen molar-refractivity contribution >= 4 is 5.91 Å². The maximum atomic E-state index is 12.4. The Kier molecular flexibility index (Phi) is 3.78. The molecule has 5 nitrogen and oxygen atoms in total. The highest BCUT2D eigenvalue weighted by molar-refractivity contribution is 5.95. The summed E-state index contributed by atoms with van der Waals surface area (Å²) >= 11 is 0. The van der Waals surface area contributed by atoms with E-state index in [0.29, 0.717) is 17.4 Å². The molecule has 1 aliphatic heterocycles. The summed E-state index contributed by atoms with van der Waals surface area (Å²) in [5.41, 5.74) is 0.588. The fourth-order valence-electron chi connectivity index (χ4n) is 2.34. The highest BCUT2D eigenvalue weighted by Gasteiger charge is 2.26. The van der Waals surface area contributed by atoms with Crippen LogP contribution >= 0.6 is 0 Å². The first-order chi connectivity index (χ1) is 8.24. The molecule has 1 aromatic heterocycles. The van der Waals surface area contributed by atoms with Gasteiger partial charge in [0, 0.05) is 12.6 Å². The van der Waals surface area contributed by atoms with Crippen molar-refractivity contribution in [3.8, 4) is 0 Å². The van der Waals surface area contributed by atoms with Gasteiger partial charge in [0.1, 0.15) is 11.3 Å². The van der Waals surface area contributed by atoms with E-state index in [0.717, 1.165) is 32.5 Å². The summed E-state index contributed by atoms with van der Waals surface area (Å²) in [6.45, 7) is 6.49. The quantitative estimate of drug-likeness (QED) is 0.858. The number of aryl methyl sites for hydroxylation is 1. The van der Waals surface area contributed by atoms with Crippen molar-refractivity contribution in [2.75, 3.05) is 19.6 Å². The van der Waals surface area contributed by atoms with Crippen molar-refractivity contribution in [2.45, 2.75) is 32.7 Å². The number of hydrogen-bond donors (Lipinski definition) is 1. The molecular weight excluding hydrogens is 218 g/mol. The third kappa shape index (κ3) is 2.49. The lowest BCUT2D eigenvalue weighted by Gasteiger charge is -2.33. The monoisotopic (exact) mass is 237 g/mol. The largest absolute Gasteiger partial charge is 0.361 e. The van der Waals surface area contributed by atoms with Gasteiger partial charge in [0.2, 0.25) is 0 Å². The second kappa shape index (κ2) is 5.31. The van der Waals surface area contributed by atoms with E-state index in [-0.39, 0.29) is 5.91 Å². The third-order valence-electron chi connectivity index (χ3n) is 3.33. The molecule has 0 aromatic carbocycles. The van der Waals surface area contributed by atoms with Crippen molar-refractivity contribution in [3.05, 3.63) is 17.5 Å². The molecular formula is C12H19N3O2. The van der Waals surface area contributed by atoms with Gasteiger partial charge >= 0.3 is 0 Å². The molecule has 0 spiro atoms. The van der Waals surface area contributed by atoms with Crippen LogP contribution in [-0.2, 0) is 0 Å². The molecule has 0 unspecified atom stereocenters. The highest BCUT2D eigenvalue weighted by Crippen LogP contribution is 2.17. The van der Waals surface area contributed by atoms with E-state index >= 15 is 0 Å². The third-order valence-corrected chi connectivity index (χ3v) is 3.33. The molecule has 94 valence electrons. The van der Waals surface area contributed by atoms with Crippen LogP contribution in [0.25, 0.3) is 0 Å². The number of carbonyl (C=O) groups is 1. The van der Waals surface area contributed by atoms with Crippen molar-refractivity contribution in [3.63, 3.8) is 0 Å². The Morgan fingerprint density at radius 2 is 2.29 bits per heavy atom. The van der Waals surface area contributed by atoms with Gasteiger partial charge in [-0.2, -0.15) is 0 Å². The van der Waals surface area contributed by atoms with E-state index in [2.05, 4.69) is 10.5 Å². The van der Waals surface area contributed by atoms with Crippen LogP contribution in [0.3, 0.4) is 0 Å². The smallest absolute Gasteiger partial charge is 0.259 e. The summed E-state index contributed by atoms with van der Waals surface area (Å²) in [6, 6.07) is 0.336. The van der Waals surface area contributed by atoms with Gasteiger partial charge in [0.25, 0.3) is 5.91 Å². The van der Waals surface area contributed by atoms with Crippen LogP contribution in [0.5, 0.6) is 0 Å². The molecule has 1 amide bonds. The number of nitrogens with zero attached hydrogens (tertiary/aromatic N) is 2. The Morgan fingerprint density at radius 3 is 2.82 bits per heavy atom.